The Morgan fingerprint density at radius 3 is 1.56 bits per heavy atom. The second-order valence-electron chi connectivity index (χ2n) is 24.2. The van der Waals surface area contributed by atoms with Crippen LogP contribution in [0, 0.1) is 17.3 Å². The number of carboxylic acids is 3. The summed E-state index contributed by atoms with van der Waals surface area (Å²) in [6.07, 6.45) is 1.57. The highest BCUT2D eigenvalue weighted by Gasteiger charge is 2.56. The largest absolute Gasteiger partial charge is 0.508 e. The van der Waals surface area contributed by atoms with Crippen LogP contribution in [-0.2, 0) is 81.5 Å². The molecule has 31 heteroatoms. The molecular weight excluding hydrogens is 1240 g/mol. The van der Waals surface area contributed by atoms with Crippen LogP contribution in [0.3, 0.4) is 0 Å². The maximum atomic E-state index is 14.3. The van der Waals surface area contributed by atoms with Crippen molar-refractivity contribution in [2.45, 2.75) is 158 Å². The average molecular weight is 1320 g/mol. The fourth-order valence-corrected chi connectivity index (χ4v) is 12.7. The van der Waals surface area contributed by atoms with E-state index < -0.39 is 133 Å². The number of guanidine groups is 2. The number of hydrogen-bond acceptors (Lipinski definition) is 16. The van der Waals surface area contributed by atoms with E-state index in [4.69, 9.17) is 27.7 Å². The van der Waals surface area contributed by atoms with Gasteiger partial charge in [-0.05, 0) is 116 Å². The van der Waals surface area contributed by atoms with E-state index in [9.17, 15) is 78.0 Å². The number of rotatable bonds is 36. The standard InChI is InChI=1S/C64H86N14O17/c1-64-25-24-40-39-19-17-38(79)30-37(39)16-18-41(40)42(64)20-21-49(64)95-55(87)23-22-50(80)73-43(14-8-26-69-62(65)66)56(88)71-33-51(81)74-46(31-53(83)84)59(91)77-45(28-35-10-4-2-5-11-35)58(90)76-44(15-9-27-70-63(67)68)57(89)72-34-52(82)75-47(32-54(85)86)60(92)78-48(61(93)94)29-36-12-6-3-7-13-36/h2-7,10-13,17,19,30,40-49,79H,8-9,14-16,18,20-29,31-34H2,1H3,(H,71,88)(H,72,89)(H,73,80)(H,74,81)(H,75,82)(H,76,90)(H,77,91)(H,78,92)(H,83,84)(H,85,86)(H,93,94)(H4,65,66,69)(H4,67,68,70)/t40-,41-,42+,43+,44+,45+,46+,47+,48+,49+,64+/m1/s1. The fraction of sp³-hybridized carbons (Fsp3) is 0.500. The van der Waals surface area contributed by atoms with Crippen LogP contribution in [-0.4, -0.2) is 172 Å². The number of benzene rings is 3. The highest BCUT2D eigenvalue weighted by molar-refractivity contribution is 5.98. The Morgan fingerprint density at radius 1 is 0.558 bits per heavy atom. The van der Waals surface area contributed by atoms with Crippen molar-refractivity contribution < 1.29 is 82.7 Å². The van der Waals surface area contributed by atoms with Gasteiger partial charge in [-0.1, -0.05) is 73.7 Å². The number of ether oxygens (including phenoxy) is 1. The zero-order valence-corrected chi connectivity index (χ0v) is 52.7. The molecule has 0 bridgehead atoms. The van der Waals surface area contributed by atoms with Gasteiger partial charge in [0.25, 0.3) is 0 Å². The van der Waals surface area contributed by atoms with Crippen LogP contribution in [0.15, 0.2) is 88.8 Å². The smallest absolute Gasteiger partial charge is 0.326 e. The van der Waals surface area contributed by atoms with Crippen LogP contribution >= 0.6 is 0 Å². The Bertz CT molecular complexity index is 3310. The fourth-order valence-electron chi connectivity index (χ4n) is 12.7. The molecule has 2 fully saturated rings. The third-order valence-electron chi connectivity index (χ3n) is 17.3. The predicted octanol–water partition coefficient (Wildman–Crippen LogP) is -1.29. The van der Waals surface area contributed by atoms with Crippen molar-refractivity contribution in [1.29, 1.82) is 0 Å². The molecule has 8 amide bonds. The summed E-state index contributed by atoms with van der Waals surface area (Å²) >= 11 is 0. The topological polar surface area (TPSA) is 520 Å². The van der Waals surface area contributed by atoms with E-state index in [1.54, 1.807) is 66.7 Å². The van der Waals surface area contributed by atoms with Crippen molar-refractivity contribution in [3.8, 4) is 5.75 Å². The molecule has 0 aromatic heterocycles. The number of aliphatic imine (C=N–C) groups is 2. The number of carbonyl (C=O) groups excluding carboxylic acids is 9. The number of phenols is 1. The molecule has 0 radical (unpaired) electrons. The van der Waals surface area contributed by atoms with Crippen LogP contribution in [0.2, 0.25) is 0 Å². The number of nitrogens with two attached hydrogens (primary N) is 4. The normalized spacial score (nSPS) is 19.3. The molecule has 20 N–H and O–H groups in total. The highest BCUT2D eigenvalue weighted by Crippen LogP contribution is 2.61. The lowest BCUT2D eigenvalue weighted by Crippen LogP contribution is -2.58. The highest BCUT2D eigenvalue weighted by atomic mass is 16.5. The van der Waals surface area contributed by atoms with E-state index in [1.807, 2.05) is 12.1 Å². The van der Waals surface area contributed by atoms with Crippen LogP contribution in [0.25, 0.3) is 0 Å². The first-order valence-electron chi connectivity index (χ1n) is 31.4. The van der Waals surface area contributed by atoms with Gasteiger partial charge in [-0.3, -0.25) is 62.7 Å². The molecule has 0 spiro atoms. The minimum atomic E-state index is -1.89. The van der Waals surface area contributed by atoms with E-state index in [-0.39, 0.29) is 93.6 Å². The van der Waals surface area contributed by atoms with Crippen LogP contribution in [0.5, 0.6) is 5.75 Å². The van der Waals surface area contributed by atoms with Crippen molar-refractivity contribution in [3.05, 3.63) is 101 Å². The number of carbonyl (C=O) groups is 12. The molecule has 3 aliphatic rings. The minimum absolute atomic E-state index is 0.0328. The van der Waals surface area contributed by atoms with E-state index in [1.165, 1.54) is 11.1 Å². The van der Waals surface area contributed by atoms with E-state index in [0.717, 1.165) is 32.1 Å². The molecule has 6 rings (SSSR count). The summed E-state index contributed by atoms with van der Waals surface area (Å²) < 4.78 is 6.09. The first kappa shape index (κ1) is 73.7. The zero-order valence-electron chi connectivity index (χ0n) is 52.7. The lowest BCUT2D eigenvalue weighted by atomic mass is 9.55. The monoisotopic (exact) mass is 1320 g/mol. The summed E-state index contributed by atoms with van der Waals surface area (Å²) in [6, 6.07) is 12.2. The molecule has 514 valence electrons. The zero-order chi connectivity index (χ0) is 69.4. The number of aromatic hydroxyl groups is 1. The van der Waals surface area contributed by atoms with Gasteiger partial charge in [0.05, 0.1) is 32.4 Å². The number of esters is 1. The Morgan fingerprint density at radius 2 is 1.04 bits per heavy atom. The SMILES string of the molecule is C[C@]12CC[C@@H]3c4ccc(O)cc4CC[C@H]3[C@@H]1CC[C@@H]2OC(=O)CCC(=O)N[C@@H](CCCN=C(N)N)C(=O)NCC(=O)N[C@@H](CC(=O)O)C(=O)N[C@@H](Cc1ccccc1)C(=O)N[C@@H](CCCN=C(N)N)C(=O)NCC(=O)N[C@@H](CC(=O)O)C(=O)N[C@@H](Cc1ccccc1)C(=O)O. The molecule has 2 saturated carbocycles. The molecule has 3 aromatic rings. The van der Waals surface area contributed by atoms with Gasteiger partial charge in [0.2, 0.25) is 47.3 Å². The molecule has 3 aromatic carbocycles. The Kier molecular flexibility index (Phi) is 27.6. The van der Waals surface area contributed by atoms with Gasteiger partial charge in [-0.2, -0.15) is 0 Å². The lowest BCUT2D eigenvalue weighted by molar-refractivity contribution is -0.158. The molecular formula is C64H86N14O17. The summed E-state index contributed by atoms with van der Waals surface area (Å²) in [7, 11) is 0. The van der Waals surface area contributed by atoms with Crippen molar-refractivity contribution in [1.82, 2.24) is 42.5 Å². The molecule has 95 heavy (non-hydrogen) atoms. The lowest BCUT2D eigenvalue weighted by Gasteiger charge is -2.50. The van der Waals surface area contributed by atoms with Gasteiger partial charge in [0.1, 0.15) is 48.1 Å². The number of hydrogen-bond donors (Lipinski definition) is 16. The van der Waals surface area contributed by atoms with E-state index in [0.29, 0.717) is 35.3 Å². The Labute approximate surface area is 547 Å². The number of carboxylic acid groups (broad SMARTS) is 3. The van der Waals surface area contributed by atoms with Crippen molar-refractivity contribution in [2.24, 2.45) is 50.2 Å². The molecule has 31 nitrogen and oxygen atoms in total. The molecule has 11 atom stereocenters. The Balaban J connectivity index is 1.06. The number of aryl methyl sites for hydroxylation is 1. The van der Waals surface area contributed by atoms with Gasteiger partial charge in [0, 0.05) is 37.8 Å². The quantitative estimate of drug-likeness (QED) is 0.0139. The molecule has 0 aliphatic heterocycles. The van der Waals surface area contributed by atoms with E-state index >= 15 is 0 Å². The predicted molar refractivity (Wildman–Crippen MR) is 342 cm³/mol. The first-order chi connectivity index (χ1) is 45.2. The molecule has 0 heterocycles. The number of nitrogens with one attached hydrogen (secondary N) is 8. The van der Waals surface area contributed by atoms with Crippen LogP contribution in [0.1, 0.15) is 119 Å². The third kappa shape index (κ3) is 23.0. The third-order valence-corrected chi connectivity index (χ3v) is 17.3. The maximum absolute atomic E-state index is 14.3. The molecule has 0 unspecified atom stereocenters. The maximum Gasteiger partial charge on any atom is 0.326 e. The number of nitrogens with zero attached hydrogens (tertiary/aromatic N) is 2. The van der Waals surface area contributed by atoms with Crippen molar-refractivity contribution in [3.63, 3.8) is 0 Å². The summed E-state index contributed by atoms with van der Waals surface area (Å²) in [5.74, 6) is -12.5. The summed E-state index contributed by atoms with van der Waals surface area (Å²) in [5.41, 5.74) is 25.1. The van der Waals surface area contributed by atoms with Crippen molar-refractivity contribution in [2.75, 3.05) is 26.2 Å². The second kappa shape index (κ2) is 35.6. The summed E-state index contributed by atoms with van der Waals surface area (Å²) in [6.45, 7) is 0.399. The molecule has 0 saturated heterocycles. The summed E-state index contributed by atoms with van der Waals surface area (Å²) in [5, 5.41) is 58.2. The van der Waals surface area contributed by atoms with E-state index in [2.05, 4.69) is 59.4 Å². The number of amides is 8. The average Bonchev–Trinajstić information content (AvgIpc) is 1.67. The molecule has 3 aliphatic carbocycles. The van der Waals surface area contributed by atoms with Gasteiger partial charge in [-0.15, -0.1) is 0 Å². The Hall–Kier alpha value is -10.4. The van der Waals surface area contributed by atoms with Gasteiger partial charge < -0.3 is 90.6 Å². The first-order valence-corrected chi connectivity index (χ1v) is 31.4. The van der Waals surface area contributed by atoms with Crippen LogP contribution < -0.4 is 65.5 Å². The number of fused-ring (bicyclic) bond motifs is 5. The van der Waals surface area contributed by atoms with Gasteiger partial charge in [-0.25, -0.2) is 4.79 Å². The summed E-state index contributed by atoms with van der Waals surface area (Å²) in [4.78, 5) is 167. The van der Waals surface area contributed by atoms with Gasteiger partial charge >= 0.3 is 23.9 Å². The number of aliphatic carboxylic acids is 3. The van der Waals surface area contributed by atoms with Gasteiger partial charge in [0.15, 0.2) is 11.9 Å². The van der Waals surface area contributed by atoms with Crippen molar-refractivity contribution >= 4 is 83.1 Å². The minimum Gasteiger partial charge on any atom is -0.508 e. The second-order valence-corrected chi connectivity index (χ2v) is 24.2. The van der Waals surface area contributed by atoms with Crippen LogP contribution in [0.4, 0.5) is 0 Å². The number of phenolic OH excluding ortho intramolecular Hbond substituents is 1.